The minimum absolute atomic E-state index is 0.887. The van der Waals surface area contributed by atoms with Crippen LogP contribution >= 0.6 is 0 Å². The summed E-state index contributed by atoms with van der Waals surface area (Å²) in [7, 11) is 0. The quantitative estimate of drug-likeness (QED) is 0.819. The second-order valence-corrected chi connectivity index (χ2v) is 4.21. The Balaban J connectivity index is 1.84. The predicted octanol–water partition coefficient (Wildman–Crippen LogP) is 3.06. The first-order valence-corrected chi connectivity index (χ1v) is 5.51. The highest BCUT2D eigenvalue weighted by Gasteiger charge is 2.20. The molecule has 1 aromatic carbocycles. The van der Waals surface area contributed by atoms with Crippen molar-refractivity contribution in [3.8, 4) is 0 Å². The van der Waals surface area contributed by atoms with Crippen LogP contribution in [-0.2, 0) is 0 Å². The Morgan fingerprint density at radius 1 is 1.13 bits per heavy atom. The van der Waals surface area contributed by atoms with Crippen LogP contribution in [-0.4, -0.2) is 11.5 Å². The minimum atomic E-state index is 0.887. The molecular weight excluding hydrogens is 184 g/mol. The number of pyridine rings is 1. The van der Waals surface area contributed by atoms with Gasteiger partial charge in [0.1, 0.15) is 5.82 Å². The lowest BCUT2D eigenvalue weighted by Gasteiger charge is -2.05. The zero-order valence-corrected chi connectivity index (χ0v) is 8.61. The van der Waals surface area contributed by atoms with Gasteiger partial charge in [-0.1, -0.05) is 18.2 Å². The molecule has 1 fully saturated rings. The lowest BCUT2D eigenvalue weighted by atomic mass is 10.2. The molecule has 1 aliphatic carbocycles. The molecule has 2 nitrogen and oxygen atoms in total. The molecule has 2 heteroatoms. The van der Waals surface area contributed by atoms with E-state index in [1.54, 1.807) is 0 Å². The highest BCUT2D eigenvalue weighted by molar-refractivity contribution is 5.79. The number of fused-ring (bicyclic) bond motifs is 1. The van der Waals surface area contributed by atoms with Crippen LogP contribution < -0.4 is 5.32 Å². The smallest absolute Gasteiger partial charge is 0.126 e. The largest absolute Gasteiger partial charge is 0.370 e. The van der Waals surface area contributed by atoms with Gasteiger partial charge in [-0.3, -0.25) is 0 Å². The van der Waals surface area contributed by atoms with E-state index in [2.05, 4.69) is 34.6 Å². The SMILES string of the molecule is c1ccc2nc(NCC3CC3)ccc2c1. The summed E-state index contributed by atoms with van der Waals surface area (Å²) in [5, 5.41) is 4.59. The van der Waals surface area contributed by atoms with Gasteiger partial charge in [-0.2, -0.15) is 0 Å². The Morgan fingerprint density at radius 3 is 2.87 bits per heavy atom. The van der Waals surface area contributed by atoms with E-state index in [1.807, 2.05) is 12.1 Å². The van der Waals surface area contributed by atoms with Crippen LogP contribution in [0.2, 0.25) is 0 Å². The normalized spacial score (nSPS) is 15.5. The number of benzene rings is 1. The van der Waals surface area contributed by atoms with Crippen molar-refractivity contribution >= 4 is 16.7 Å². The average molecular weight is 198 g/mol. The molecule has 0 atom stereocenters. The fraction of sp³-hybridized carbons (Fsp3) is 0.308. The van der Waals surface area contributed by atoms with Crippen LogP contribution in [0.4, 0.5) is 5.82 Å². The van der Waals surface area contributed by atoms with E-state index in [-0.39, 0.29) is 0 Å². The predicted molar refractivity (Wildman–Crippen MR) is 63.0 cm³/mol. The molecule has 0 saturated heterocycles. The van der Waals surface area contributed by atoms with E-state index in [9.17, 15) is 0 Å². The number of hydrogen-bond donors (Lipinski definition) is 1. The van der Waals surface area contributed by atoms with E-state index in [1.165, 1.54) is 18.2 Å². The average Bonchev–Trinajstić information content (AvgIpc) is 3.10. The van der Waals surface area contributed by atoms with Crippen LogP contribution in [0, 0.1) is 5.92 Å². The van der Waals surface area contributed by atoms with Crippen molar-refractivity contribution in [2.45, 2.75) is 12.8 Å². The summed E-state index contributed by atoms with van der Waals surface area (Å²) in [5.41, 5.74) is 1.07. The number of nitrogens with zero attached hydrogens (tertiary/aromatic N) is 1. The first-order valence-electron chi connectivity index (χ1n) is 5.51. The van der Waals surface area contributed by atoms with Crippen molar-refractivity contribution in [2.24, 2.45) is 5.92 Å². The summed E-state index contributed by atoms with van der Waals surface area (Å²) in [6, 6.07) is 12.4. The molecule has 15 heavy (non-hydrogen) atoms. The number of nitrogens with one attached hydrogen (secondary N) is 1. The van der Waals surface area contributed by atoms with E-state index in [4.69, 9.17) is 0 Å². The van der Waals surface area contributed by atoms with Crippen LogP contribution in [0.25, 0.3) is 10.9 Å². The molecule has 1 aliphatic rings. The lowest BCUT2D eigenvalue weighted by molar-refractivity contribution is 0.884. The Bertz CT molecular complexity index is 475. The van der Waals surface area contributed by atoms with E-state index >= 15 is 0 Å². The van der Waals surface area contributed by atoms with Crippen LogP contribution in [0.1, 0.15) is 12.8 Å². The maximum Gasteiger partial charge on any atom is 0.126 e. The summed E-state index contributed by atoms with van der Waals surface area (Å²) >= 11 is 0. The van der Waals surface area contributed by atoms with Crippen molar-refractivity contribution in [3.63, 3.8) is 0 Å². The Labute approximate surface area is 89.3 Å². The fourth-order valence-electron chi connectivity index (χ4n) is 1.74. The summed E-state index contributed by atoms with van der Waals surface area (Å²) in [5.74, 6) is 1.89. The van der Waals surface area contributed by atoms with Crippen LogP contribution in [0.3, 0.4) is 0 Å². The van der Waals surface area contributed by atoms with Gasteiger partial charge in [-0.15, -0.1) is 0 Å². The number of para-hydroxylation sites is 1. The van der Waals surface area contributed by atoms with Crippen molar-refractivity contribution in [1.82, 2.24) is 4.98 Å². The maximum absolute atomic E-state index is 4.56. The van der Waals surface area contributed by atoms with Gasteiger partial charge in [-0.25, -0.2) is 4.98 Å². The molecule has 0 unspecified atom stereocenters. The number of rotatable bonds is 3. The standard InChI is InChI=1S/C13H14N2/c1-2-4-12-11(3-1)7-8-13(15-12)14-9-10-5-6-10/h1-4,7-8,10H,5-6,9H2,(H,14,15). The van der Waals surface area contributed by atoms with Gasteiger partial charge < -0.3 is 5.32 Å². The van der Waals surface area contributed by atoms with Gasteiger partial charge >= 0.3 is 0 Å². The summed E-state index contributed by atoms with van der Waals surface area (Å²) in [6.07, 6.45) is 2.75. The molecule has 1 saturated carbocycles. The topological polar surface area (TPSA) is 24.9 Å². The van der Waals surface area contributed by atoms with Gasteiger partial charge in [0, 0.05) is 11.9 Å². The van der Waals surface area contributed by atoms with Gasteiger partial charge in [0.2, 0.25) is 0 Å². The molecule has 0 amide bonds. The molecule has 0 aliphatic heterocycles. The molecule has 2 aromatic rings. The van der Waals surface area contributed by atoms with Crippen molar-refractivity contribution < 1.29 is 0 Å². The second kappa shape index (κ2) is 3.54. The zero-order valence-electron chi connectivity index (χ0n) is 8.61. The fourth-order valence-corrected chi connectivity index (χ4v) is 1.74. The number of anilines is 1. The van der Waals surface area contributed by atoms with Gasteiger partial charge in [0.05, 0.1) is 5.52 Å². The molecule has 1 aromatic heterocycles. The van der Waals surface area contributed by atoms with Gasteiger partial charge in [0.15, 0.2) is 0 Å². The van der Waals surface area contributed by atoms with Crippen molar-refractivity contribution in [2.75, 3.05) is 11.9 Å². The Morgan fingerprint density at radius 2 is 2.00 bits per heavy atom. The highest BCUT2D eigenvalue weighted by atomic mass is 15.0. The van der Waals surface area contributed by atoms with Crippen LogP contribution in [0.15, 0.2) is 36.4 Å². The van der Waals surface area contributed by atoms with Gasteiger partial charge in [0.25, 0.3) is 0 Å². The summed E-state index contributed by atoms with van der Waals surface area (Å²) < 4.78 is 0. The third-order valence-corrected chi connectivity index (χ3v) is 2.87. The first-order chi connectivity index (χ1) is 7.42. The van der Waals surface area contributed by atoms with Crippen LogP contribution in [0.5, 0.6) is 0 Å². The molecule has 0 radical (unpaired) electrons. The highest BCUT2D eigenvalue weighted by Crippen LogP contribution is 2.28. The number of hydrogen-bond acceptors (Lipinski definition) is 2. The second-order valence-electron chi connectivity index (χ2n) is 4.21. The number of aromatic nitrogens is 1. The monoisotopic (exact) mass is 198 g/mol. The van der Waals surface area contributed by atoms with Crippen molar-refractivity contribution in [3.05, 3.63) is 36.4 Å². The summed E-state index contributed by atoms with van der Waals surface area (Å²) in [4.78, 5) is 4.56. The molecule has 1 heterocycles. The third kappa shape index (κ3) is 1.94. The molecule has 3 rings (SSSR count). The van der Waals surface area contributed by atoms with E-state index < -0.39 is 0 Å². The minimum Gasteiger partial charge on any atom is -0.370 e. The van der Waals surface area contributed by atoms with Crippen molar-refractivity contribution in [1.29, 1.82) is 0 Å². The zero-order chi connectivity index (χ0) is 10.1. The molecular formula is C13H14N2. The molecule has 0 spiro atoms. The molecule has 0 bridgehead atoms. The summed E-state index contributed by atoms with van der Waals surface area (Å²) in [6.45, 7) is 1.07. The Hall–Kier alpha value is -1.57. The Kier molecular flexibility index (Phi) is 2.05. The maximum atomic E-state index is 4.56. The molecule has 76 valence electrons. The van der Waals surface area contributed by atoms with Gasteiger partial charge in [-0.05, 0) is 37.0 Å². The van der Waals surface area contributed by atoms with E-state index in [0.717, 1.165) is 23.8 Å². The lowest BCUT2D eigenvalue weighted by Crippen LogP contribution is -2.04. The molecule has 1 N–H and O–H groups in total. The first kappa shape index (κ1) is 8.72. The van der Waals surface area contributed by atoms with E-state index in [0.29, 0.717) is 0 Å². The third-order valence-electron chi connectivity index (χ3n) is 2.87.